The Bertz CT molecular complexity index is 106. The van der Waals surface area contributed by atoms with Crippen molar-refractivity contribution in [2.75, 3.05) is 12.3 Å². The molecule has 0 radical (unpaired) electrons. The van der Waals surface area contributed by atoms with Crippen molar-refractivity contribution in [2.24, 2.45) is 0 Å². The van der Waals surface area contributed by atoms with Gasteiger partial charge in [-0.2, -0.15) is 0 Å². The van der Waals surface area contributed by atoms with Crippen molar-refractivity contribution in [3.05, 3.63) is 0 Å². The Morgan fingerprint density at radius 3 is 2.78 bits per heavy atom. The predicted octanol–water partition coefficient (Wildman–Crippen LogP) is -0.998. The topological polar surface area (TPSA) is 69.2 Å². The molecule has 0 aliphatic carbocycles. The SMILES string of the molecule is O=CNCCCS(=O)[O-]. The van der Waals surface area contributed by atoms with E-state index in [4.69, 9.17) is 0 Å². The molecular formula is C4H8NO3S-. The molecule has 1 atom stereocenters. The van der Waals surface area contributed by atoms with E-state index >= 15 is 0 Å². The van der Waals surface area contributed by atoms with Gasteiger partial charge >= 0.3 is 0 Å². The van der Waals surface area contributed by atoms with Gasteiger partial charge in [0.15, 0.2) is 0 Å². The minimum Gasteiger partial charge on any atom is -0.772 e. The summed E-state index contributed by atoms with van der Waals surface area (Å²) in [4.78, 5) is 9.58. The molecule has 1 amide bonds. The van der Waals surface area contributed by atoms with Crippen LogP contribution in [-0.4, -0.2) is 27.5 Å². The van der Waals surface area contributed by atoms with Crippen LogP contribution < -0.4 is 5.32 Å². The number of amides is 1. The van der Waals surface area contributed by atoms with E-state index < -0.39 is 11.1 Å². The molecule has 0 fully saturated rings. The summed E-state index contributed by atoms with van der Waals surface area (Å²) in [6.07, 6.45) is 1.03. The number of carbonyl (C=O) groups is 1. The summed E-state index contributed by atoms with van der Waals surface area (Å²) in [5, 5.41) is 2.35. The van der Waals surface area contributed by atoms with Crippen LogP contribution in [0.1, 0.15) is 6.42 Å². The smallest absolute Gasteiger partial charge is 0.207 e. The molecule has 5 heteroatoms. The first kappa shape index (κ1) is 8.58. The summed E-state index contributed by atoms with van der Waals surface area (Å²) in [5.41, 5.74) is 0. The first-order chi connectivity index (χ1) is 4.27. The van der Waals surface area contributed by atoms with Crippen LogP contribution in [-0.2, 0) is 15.9 Å². The highest BCUT2D eigenvalue weighted by Gasteiger charge is 1.84. The van der Waals surface area contributed by atoms with Gasteiger partial charge in [0.25, 0.3) is 0 Å². The Kier molecular flexibility index (Phi) is 5.45. The minimum absolute atomic E-state index is 0.112. The molecule has 0 aliphatic heterocycles. The molecule has 1 N–H and O–H groups in total. The molecule has 0 rings (SSSR count). The third-order valence-corrected chi connectivity index (χ3v) is 1.34. The number of carbonyl (C=O) groups excluding carboxylic acids is 1. The molecule has 1 unspecified atom stereocenters. The zero-order valence-corrected chi connectivity index (χ0v) is 5.65. The minimum atomic E-state index is -1.97. The van der Waals surface area contributed by atoms with Crippen LogP contribution in [0.15, 0.2) is 0 Å². The Morgan fingerprint density at radius 1 is 1.67 bits per heavy atom. The summed E-state index contributed by atoms with van der Waals surface area (Å²) in [6, 6.07) is 0. The van der Waals surface area contributed by atoms with Crippen LogP contribution in [0.2, 0.25) is 0 Å². The van der Waals surface area contributed by atoms with Gasteiger partial charge in [0.1, 0.15) is 0 Å². The predicted molar refractivity (Wildman–Crippen MR) is 32.5 cm³/mol. The first-order valence-corrected chi connectivity index (χ1v) is 3.74. The lowest BCUT2D eigenvalue weighted by Crippen LogP contribution is -2.14. The summed E-state index contributed by atoms with van der Waals surface area (Å²) in [7, 11) is 0. The largest absolute Gasteiger partial charge is 0.772 e. The highest BCUT2D eigenvalue weighted by atomic mass is 32.2. The van der Waals surface area contributed by atoms with E-state index in [1.807, 2.05) is 0 Å². The lowest BCUT2D eigenvalue weighted by atomic mass is 10.5. The number of hydrogen-bond acceptors (Lipinski definition) is 3. The molecule has 0 heterocycles. The van der Waals surface area contributed by atoms with Crippen molar-refractivity contribution < 1.29 is 13.6 Å². The van der Waals surface area contributed by atoms with E-state index in [1.165, 1.54) is 0 Å². The molecule has 0 saturated heterocycles. The molecule has 0 aliphatic rings. The van der Waals surface area contributed by atoms with Crippen LogP contribution in [0.3, 0.4) is 0 Å². The highest BCUT2D eigenvalue weighted by molar-refractivity contribution is 7.79. The summed E-state index contributed by atoms with van der Waals surface area (Å²) in [5.74, 6) is 0.112. The van der Waals surface area contributed by atoms with Crippen LogP contribution in [0.25, 0.3) is 0 Å². The fourth-order valence-corrected chi connectivity index (χ4v) is 0.731. The van der Waals surface area contributed by atoms with Crippen LogP contribution in [0.4, 0.5) is 0 Å². The fraction of sp³-hybridized carbons (Fsp3) is 0.750. The average Bonchev–Trinajstić information content (AvgIpc) is 1.80. The molecule has 54 valence electrons. The van der Waals surface area contributed by atoms with Crippen molar-refractivity contribution in [1.29, 1.82) is 0 Å². The van der Waals surface area contributed by atoms with Gasteiger partial charge in [0.05, 0.1) is 0 Å². The molecular weight excluding hydrogens is 142 g/mol. The Morgan fingerprint density at radius 2 is 2.33 bits per heavy atom. The summed E-state index contributed by atoms with van der Waals surface area (Å²) in [6.45, 7) is 0.428. The maximum absolute atomic E-state index is 9.85. The quantitative estimate of drug-likeness (QED) is 0.310. The van der Waals surface area contributed by atoms with Crippen molar-refractivity contribution in [1.82, 2.24) is 5.32 Å². The first-order valence-electron chi connectivity index (χ1n) is 2.50. The lowest BCUT2D eigenvalue weighted by molar-refractivity contribution is -0.109. The standard InChI is InChI=1S/C4H9NO3S/c6-4-5-2-1-3-9(7)8/h4H,1-3H2,(H,5,6)(H,7,8)/p-1. The zero-order valence-electron chi connectivity index (χ0n) is 4.83. The third-order valence-electron chi connectivity index (χ3n) is 0.715. The van der Waals surface area contributed by atoms with Gasteiger partial charge in [0, 0.05) is 12.3 Å². The monoisotopic (exact) mass is 150 g/mol. The average molecular weight is 150 g/mol. The summed E-state index contributed by atoms with van der Waals surface area (Å²) < 4.78 is 19.7. The molecule has 4 nitrogen and oxygen atoms in total. The van der Waals surface area contributed by atoms with Gasteiger partial charge in [-0.3, -0.25) is 9.00 Å². The second kappa shape index (κ2) is 5.71. The molecule has 0 bridgehead atoms. The van der Waals surface area contributed by atoms with E-state index in [-0.39, 0.29) is 5.75 Å². The second-order valence-corrected chi connectivity index (χ2v) is 2.45. The van der Waals surface area contributed by atoms with E-state index in [9.17, 15) is 13.6 Å². The second-order valence-electron chi connectivity index (χ2n) is 1.43. The Balaban J connectivity index is 2.91. The highest BCUT2D eigenvalue weighted by Crippen LogP contribution is 1.78. The third kappa shape index (κ3) is 7.58. The fourth-order valence-electron chi connectivity index (χ4n) is 0.351. The normalized spacial score (nSPS) is 12.6. The lowest BCUT2D eigenvalue weighted by Gasteiger charge is -2.02. The van der Waals surface area contributed by atoms with Crippen LogP contribution in [0, 0.1) is 0 Å². The van der Waals surface area contributed by atoms with Crippen molar-refractivity contribution >= 4 is 17.5 Å². The molecule has 0 spiro atoms. The molecule has 0 aromatic rings. The zero-order chi connectivity index (χ0) is 7.11. The maximum Gasteiger partial charge on any atom is 0.207 e. The summed E-state index contributed by atoms with van der Waals surface area (Å²) >= 11 is -1.97. The van der Waals surface area contributed by atoms with Crippen molar-refractivity contribution in [3.63, 3.8) is 0 Å². The maximum atomic E-state index is 9.85. The Labute approximate surface area is 55.9 Å². The number of rotatable bonds is 5. The molecule has 0 aromatic heterocycles. The van der Waals surface area contributed by atoms with Gasteiger partial charge in [0.2, 0.25) is 6.41 Å². The molecule has 0 aromatic carbocycles. The van der Waals surface area contributed by atoms with Crippen molar-refractivity contribution in [3.8, 4) is 0 Å². The molecule has 0 saturated carbocycles. The van der Waals surface area contributed by atoms with Gasteiger partial charge in [-0.15, -0.1) is 0 Å². The van der Waals surface area contributed by atoms with Gasteiger partial charge in [-0.1, -0.05) is 11.1 Å². The van der Waals surface area contributed by atoms with E-state index in [2.05, 4.69) is 5.32 Å². The van der Waals surface area contributed by atoms with Crippen LogP contribution >= 0.6 is 0 Å². The van der Waals surface area contributed by atoms with E-state index in [1.54, 1.807) is 0 Å². The number of nitrogens with one attached hydrogen (secondary N) is 1. The van der Waals surface area contributed by atoms with Gasteiger partial charge in [-0.05, 0) is 6.42 Å². The Hall–Kier alpha value is -0.420. The van der Waals surface area contributed by atoms with Crippen LogP contribution in [0.5, 0.6) is 0 Å². The van der Waals surface area contributed by atoms with E-state index in [0.29, 0.717) is 19.4 Å². The van der Waals surface area contributed by atoms with Crippen molar-refractivity contribution in [2.45, 2.75) is 6.42 Å². The number of hydrogen-bond donors (Lipinski definition) is 1. The molecule has 9 heavy (non-hydrogen) atoms. The van der Waals surface area contributed by atoms with E-state index in [0.717, 1.165) is 0 Å². The van der Waals surface area contributed by atoms with Gasteiger partial charge < -0.3 is 9.87 Å². The van der Waals surface area contributed by atoms with Gasteiger partial charge in [-0.25, -0.2) is 0 Å².